The SMILES string of the molecule is Cc1nc(-c2ccc(OCCCCCOc3ccc(C(=N)NO)cc3)cc2)c(CCNCCN(C)C)s1. The number of aromatic nitrogens is 1. The van der Waals surface area contributed by atoms with Crippen LogP contribution in [0.2, 0.25) is 0 Å². The Hall–Kier alpha value is -2.98. The summed E-state index contributed by atoms with van der Waals surface area (Å²) in [7, 11) is 4.18. The molecule has 0 aliphatic heterocycles. The number of hydrogen-bond donors (Lipinski definition) is 4. The van der Waals surface area contributed by atoms with Crippen molar-refractivity contribution in [2.45, 2.75) is 32.6 Å². The number of nitrogens with zero attached hydrogens (tertiary/aromatic N) is 2. The molecule has 0 unspecified atom stereocenters. The van der Waals surface area contributed by atoms with Crippen molar-refractivity contribution in [1.29, 1.82) is 5.41 Å². The van der Waals surface area contributed by atoms with Gasteiger partial charge in [0.05, 0.1) is 23.9 Å². The van der Waals surface area contributed by atoms with Crippen LogP contribution in [0.3, 0.4) is 0 Å². The fourth-order valence-electron chi connectivity index (χ4n) is 3.75. The number of ether oxygens (including phenoxy) is 2. The first-order valence-electron chi connectivity index (χ1n) is 12.7. The van der Waals surface area contributed by atoms with E-state index in [1.165, 1.54) is 4.88 Å². The molecule has 9 heteroatoms. The lowest BCUT2D eigenvalue weighted by Gasteiger charge is -2.10. The summed E-state index contributed by atoms with van der Waals surface area (Å²) in [6.07, 6.45) is 3.89. The van der Waals surface area contributed by atoms with E-state index in [-0.39, 0.29) is 5.84 Å². The molecule has 8 nitrogen and oxygen atoms in total. The van der Waals surface area contributed by atoms with Crippen LogP contribution in [0.1, 0.15) is 34.7 Å². The molecule has 0 aliphatic carbocycles. The summed E-state index contributed by atoms with van der Waals surface area (Å²) in [6, 6.07) is 15.3. The number of aryl methyl sites for hydroxylation is 1. The zero-order valence-corrected chi connectivity index (χ0v) is 22.9. The fourth-order valence-corrected chi connectivity index (χ4v) is 4.70. The van der Waals surface area contributed by atoms with Crippen molar-refractivity contribution in [3.05, 3.63) is 64.0 Å². The van der Waals surface area contributed by atoms with Gasteiger partial charge in [0.25, 0.3) is 0 Å². The average Bonchev–Trinajstić information content (AvgIpc) is 3.28. The number of benzene rings is 2. The summed E-state index contributed by atoms with van der Waals surface area (Å²) in [6.45, 7) is 6.35. The van der Waals surface area contributed by atoms with Gasteiger partial charge in [-0.15, -0.1) is 11.3 Å². The topological polar surface area (TPSA) is 103 Å². The first-order chi connectivity index (χ1) is 18.0. The molecule has 0 amide bonds. The lowest BCUT2D eigenvalue weighted by molar-refractivity contribution is 0.234. The van der Waals surface area contributed by atoms with E-state index >= 15 is 0 Å². The van der Waals surface area contributed by atoms with E-state index in [1.807, 2.05) is 17.6 Å². The smallest absolute Gasteiger partial charge is 0.149 e. The van der Waals surface area contributed by atoms with Crippen molar-refractivity contribution in [2.75, 3.05) is 46.9 Å². The van der Waals surface area contributed by atoms with Crippen molar-refractivity contribution >= 4 is 17.2 Å². The van der Waals surface area contributed by atoms with Gasteiger partial charge in [0.15, 0.2) is 0 Å². The van der Waals surface area contributed by atoms with Crippen LogP contribution in [0.5, 0.6) is 11.5 Å². The predicted molar refractivity (Wildman–Crippen MR) is 150 cm³/mol. The Morgan fingerprint density at radius 2 is 1.57 bits per heavy atom. The summed E-state index contributed by atoms with van der Waals surface area (Å²) in [5.41, 5.74) is 4.66. The van der Waals surface area contributed by atoms with E-state index in [0.29, 0.717) is 18.8 Å². The average molecular weight is 526 g/mol. The zero-order valence-electron chi connectivity index (χ0n) is 22.0. The van der Waals surface area contributed by atoms with Crippen LogP contribution in [0, 0.1) is 12.3 Å². The molecule has 3 aromatic rings. The molecule has 0 atom stereocenters. The molecule has 1 aromatic heterocycles. The first-order valence-corrected chi connectivity index (χ1v) is 13.5. The van der Waals surface area contributed by atoms with Gasteiger partial charge in [-0.2, -0.15) is 0 Å². The number of hydroxylamine groups is 1. The molecule has 0 fully saturated rings. The minimum Gasteiger partial charge on any atom is -0.494 e. The highest BCUT2D eigenvalue weighted by Crippen LogP contribution is 2.29. The first kappa shape index (κ1) is 28.6. The van der Waals surface area contributed by atoms with Crippen molar-refractivity contribution in [2.24, 2.45) is 0 Å². The van der Waals surface area contributed by atoms with Gasteiger partial charge in [0.1, 0.15) is 17.3 Å². The molecule has 37 heavy (non-hydrogen) atoms. The van der Waals surface area contributed by atoms with Gasteiger partial charge < -0.3 is 19.7 Å². The number of rotatable bonds is 16. The van der Waals surface area contributed by atoms with Crippen LogP contribution in [0.4, 0.5) is 0 Å². The lowest BCUT2D eigenvalue weighted by Crippen LogP contribution is -2.27. The van der Waals surface area contributed by atoms with Gasteiger partial charge in [0.2, 0.25) is 0 Å². The van der Waals surface area contributed by atoms with Gasteiger partial charge in [-0.3, -0.25) is 16.1 Å². The van der Waals surface area contributed by atoms with Gasteiger partial charge in [-0.25, -0.2) is 4.98 Å². The van der Waals surface area contributed by atoms with E-state index < -0.39 is 0 Å². The van der Waals surface area contributed by atoms with Crippen molar-refractivity contribution in [1.82, 2.24) is 20.7 Å². The maximum atomic E-state index is 8.78. The maximum absolute atomic E-state index is 8.78. The van der Waals surface area contributed by atoms with Crippen molar-refractivity contribution in [3.8, 4) is 22.8 Å². The summed E-state index contributed by atoms with van der Waals surface area (Å²) in [5, 5.41) is 20.9. The molecule has 0 saturated carbocycles. The number of likely N-dealkylation sites (N-methyl/N-ethyl adjacent to an activating group) is 1. The molecular weight excluding hydrogens is 486 g/mol. The van der Waals surface area contributed by atoms with Crippen molar-refractivity contribution < 1.29 is 14.7 Å². The minimum absolute atomic E-state index is 0.0385. The summed E-state index contributed by atoms with van der Waals surface area (Å²) >= 11 is 1.78. The Labute approximate surface area is 224 Å². The summed E-state index contributed by atoms with van der Waals surface area (Å²) in [4.78, 5) is 8.29. The zero-order chi connectivity index (χ0) is 26.5. The second-order valence-electron chi connectivity index (χ2n) is 9.10. The lowest BCUT2D eigenvalue weighted by atomic mass is 10.1. The molecule has 0 saturated heterocycles. The molecule has 1 heterocycles. The summed E-state index contributed by atoms with van der Waals surface area (Å²) < 4.78 is 11.7. The Balaban J connectivity index is 1.34. The molecule has 0 aliphatic rings. The molecule has 0 bridgehead atoms. The van der Waals surface area contributed by atoms with Gasteiger partial charge in [-0.05, 0) is 95.2 Å². The molecule has 4 N–H and O–H groups in total. The highest BCUT2D eigenvalue weighted by atomic mass is 32.1. The van der Waals surface area contributed by atoms with Crippen LogP contribution in [-0.2, 0) is 6.42 Å². The second-order valence-corrected chi connectivity index (χ2v) is 10.4. The van der Waals surface area contributed by atoms with Crippen LogP contribution in [0.25, 0.3) is 11.3 Å². The highest BCUT2D eigenvalue weighted by molar-refractivity contribution is 7.12. The van der Waals surface area contributed by atoms with Crippen LogP contribution < -0.4 is 20.3 Å². The molecular formula is C28H39N5O3S. The second kappa shape index (κ2) is 15.3. The maximum Gasteiger partial charge on any atom is 0.149 e. The van der Waals surface area contributed by atoms with E-state index in [2.05, 4.69) is 43.4 Å². The van der Waals surface area contributed by atoms with Gasteiger partial charge in [-0.1, -0.05) is 0 Å². The van der Waals surface area contributed by atoms with E-state index in [0.717, 1.165) is 73.1 Å². The number of nitrogens with one attached hydrogen (secondary N) is 3. The van der Waals surface area contributed by atoms with E-state index in [4.69, 9.17) is 25.1 Å². The third-order valence-corrected chi connectivity index (χ3v) is 6.81. The molecule has 2 aromatic carbocycles. The number of amidine groups is 1. The normalized spacial score (nSPS) is 11.1. The minimum atomic E-state index is -0.0385. The van der Waals surface area contributed by atoms with E-state index in [9.17, 15) is 0 Å². The van der Waals surface area contributed by atoms with Crippen LogP contribution >= 0.6 is 11.3 Å². The van der Waals surface area contributed by atoms with Gasteiger partial charge >= 0.3 is 0 Å². The predicted octanol–water partition coefficient (Wildman–Crippen LogP) is 4.74. The quantitative estimate of drug-likeness (QED) is 0.0927. The van der Waals surface area contributed by atoms with E-state index in [1.54, 1.807) is 35.6 Å². The number of unbranched alkanes of at least 4 members (excludes halogenated alkanes) is 2. The number of hydrogen-bond acceptors (Lipinski definition) is 8. The molecule has 200 valence electrons. The largest absolute Gasteiger partial charge is 0.494 e. The molecule has 0 spiro atoms. The Bertz CT molecular complexity index is 1080. The Morgan fingerprint density at radius 1 is 0.946 bits per heavy atom. The third-order valence-electron chi connectivity index (χ3n) is 5.78. The van der Waals surface area contributed by atoms with Crippen LogP contribution in [-0.4, -0.2) is 67.9 Å². The molecule has 3 rings (SSSR count). The molecule has 0 radical (unpaired) electrons. The third kappa shape index (κ3) is 9.77. The van der Waals surface area contributed by atoms with Crippen LogP contribution in [0.15, 0.2) is 48.5 Å². The Kier molecular flexibility index (Phi) is 11.8. The Morgan fingerprint density at radius 3 is 2.16 bits per heavy atom. The monoisotopic (exact) mass is 525 g/mol. The standard InChI is InChI=1S/C28H39N5O3S/c1-21-31-27(26(37-21)15-16-30-17-18-33(2)3)22-7-11-24(12-8-22)35-19-5-4-6-20-36-25-13-9-23(10-14-25)28(29)32-34/h7-14,30,34H,4-6,15-20H2,1-3H3,(H2,29,32). The summed E-state index contributed by atoms with van der Waals surface area (Å²) in [5.74, 6) is 1.59. The fraction of sp³-hybridized carbons (Fsp3) is 0.429. The highest BCUT2D eigenvalue weighted by Gasteiger charge is 2.11. The van der Waals surface area contributed by atoms with Gasteiger partial charge in [0, 0.05) is 35.6 Å². The van der Waals surface area contributed by atoms with Crippen molar-refractivity contribution in [3.63, 3.8) is 0 Å². The number of thiazole rings is 1.